The van der Waals surface area contributed by atoms with Crippen LogP contribution >= 0.6 is 0 Å². The van der Waals surface area contributed by atoms with E-state index >= 15 is 0 Å². The minimum atomic E-state index is -0.204. The Hall–Kier alpha value is -1.06. The van der Waals surface area contributed by atoms with Crippen molar-refractivity contribution in [2.24, 2.45) is 5.92 Å². The first-order valence-corrected chi connectivity index (χ1v) is 5.20. The number of ether oxygens (including phenoxy) is 1. The van der Waals surface area contributed by atoms with Gasteiger partial charge in [0.2, 0.25) is 5.91 Å². The predicted molar refractivity (Wildman–Crippen MR) is 49.5 cm³/mol. The molecule has 0 bridgehead atoms. The van der Waals surface area contributed by atoms with Gasteiger partial charge in [0.1, 0.15) is 0 Å². The molecule has 2 aliphatic rings. The van der Waals surface area contributed by atoms with Gasteiger partial charge in [-0.25, -0.2) is 0 Å². The number of hydrogen-bond acceptors (Lipinski definition) is 3. The molecule has 0 aromatic heterocycles. The normalized spacial score (nSPS) is 30.6. The number of esters is 1. The van der Waals surface area contributed by atoms with Crippen molar-refractivity contribution in [2.45, 2.75) is 32.2 Å². The van der Waals surface area contributed by atoms with Crippen molar-refractivity contribution in [3.63, 3.8) is 0 Å². The van der Waals surface area contributed by atoms with Crippen LogP contribution in [0.1, 0.15) is 26.2 Å². The Bertz CT molecular complexity index is 264. The van der Waals surface area contributed by atoms with Crippen molar-refractivity contribution in [3.8, 4) is 0 Å². The number of carbonyl (C=O) groups excluding carboxylic acids is 2. The number of hydrogen-bond donors (Lipinski definition) is 0. The molecule has 0 saturated carbocycles. The largest absolute Gasteiger partial charge is 0.466 e. The van der Waals surface area contributed by atoms with Crippen molar-refractivity contribution in [3.05, 3.63) is 0 Å². The first-order valence-electron chi connectivity index (χ1n) is 5.20. The van der Waals surface area contributed by atoms with E-state index in [1.165, 1.54) is 0 Å². The van der Waals surface area contributed by atoms with Crippen molar-refractivity contribution < 1.29 is 14.3 Å². The fourth-order valence-corrected chi connectivity index (χ4v) is 2.45. The lowest BCUT2D eigenvalue weighted by atomic mass is 9.98. The lowest BCUT2D eigenvalue weighted by molar-refractivity contribution is -0.148. The Kier molecular flexibility index (Phi) is 2.44. The van der Waals surface area contributed by atoms with E-state index in [9.17, 15) is 9.59 Å². The summed E-state index contributed by atoms with van der Waals surface area (Å²) in [5.41, 5.74) is 0. The van der Waals surface area contributed by atoms with Crippen LogP contribution in [0.4, 0.5) is 0 Å². The van der Waals surface area contributed by atoms with Crippen LogP contribution in [0.3, 0.4) is 0 Å². The van der Waals surface area contributed by atoms with E-state index < -0.39 is 0 Å². The maximum atomic E-state index is 11.5. The molecule has 2 heterocycles. The lowest BCUT2D eigenvalue weighted by Gasteiger charge is -2.18. The number of carbonyl (C=O) groups is 2. The fraction of sp³-hybridized carbons (Fsp3) is 0.800. The maximum absolute atomic E-state index is 11.5. The first kappa shape index (κ1) is 9.49. The molecule has 1 amide bonds. The number of rotatable bonds is 2. The van der Waals surface area contributed by atoms with Crippen LogP contribution in [0, 0.1) is 5.92 Å². The summed E-state index contributed by atoms with van der Waals surface area (Å²) in [6.45, 7) is 3.01. The van der Waals surface area contributed by atoms with E-state index in [-0.39, 0.29) is 23.8 Å². The molecule has 2 rings (SSSR count). The van der Waals surface area contributed by atoms with Crippen LogP contribution in [-0.4, -0.2) is 36.0 Å². The van der Waals surface area contributed by atoms with E-state index in [0.717, 1.165) is 19.4 Å². The molecule has 0 aliphatic carbocycles. The zero-order valence-electron chi connectivity index (χ0n) is 8.36. The molecular weight excluding hydrogens is 182 g/mol. The molecule has 2 atom stereocenters. The molecule has 2 fully saturated rings. The molecule has 4 heteroatoms. The van der Waals surface area contributed by atoms with E-state index in [2.05, 4.69) is 0 Å². The summed E-state index contributed by atoms with van der Waals surface area (Å²) in [5.74, 6) is -0.286. The SMILES string of the molecule is CCOC(=O)[C@@H]1CC(=O)N2CCC[C@H]12. The number of nitrogens with zero attached hydrogens (tertiary/aromatic N) is 1. The molecule has 0 N–H and O–H groups in total. The summed E-state index contributed by atoms with van der Waals surface area (Å²) < 4.78 is 4.96. The summed E-state index contributed by atoms with van der Waals surface area (Å²) in [6.07, 6.45) is 2.32. The average molecular weight is 197 g/mol. The van der Waals surface area contributed by atoms with Gasteiger partial charge in [-0.05, 0) is 19.8 Å². The smallest absolute Gasteiger partial charge is 0.311 e. The summed E-state index contributed by atoms with van der Waals surface area (Å²) >= 11 is 0. The van der Waals surface area contributed by atoms with Gasteiger partial charge in [0.15, 0.2) is 0 Å². The quantitative estimate of drug-likeness (QED) is 0.608. The van der Waals surface area contributed by atoms with Gasteiger partial charge in [-0.3, -0.25) is 9.59 Å². The van der Waals surface area contributed by atoms with Gasteiger partial charge < -0.3 is 9.64 Å². The van der Waals surface area contributed by atoms with Gasteiger partial charge in [0.05, 0.1) is 12.5 Å². The third-order valence-corrected chi connectivity index (χ3v) is 3.07. The van der Waals surface area contributed by atoms with Crippen LogP contribution in [0.5, 0.6) is 0 Å². The average Bonchev–Trinajstić information content (AvgIpc) is 2.70. The molecule has 78 valence electrons. The fourth-order valence-electron chi connectivity index (χ4n) is 2.45. The molecular formula is C10H15NO3. The van der Waals surface area contributed by atoms with Crippen molar-refractivity contribution in [1.29, 1.82) is 0 Å². The molecule has 0 unspecified atom stereocenters. The van der Waals surface area contributed by atoms with E-state index in [4.69, 9.17) is 4.74 Å². The van der Waals surface area contributed by atoms with E-state index in [0.29, 0.717) is 13.0 Å². The summed E-state index contributed by atoms with van der Waals surface area (Å²) in [6, 6.07) is 0.126. The summed E-state index contributed by atoms with van der Waals surface area (Å²) in [7, 11) is 0. The van der Waals surface area contributed by atoms with Gasteiger partial charge >= 0.3 is 5.97 Å². The second-order valence-corrected chi connectivity index (χ2v) is 3.86. The molecule has 0 aromatic rings. The Morgan fingerprint density at radius 1 is 1.64 bits per heavy atom. The minimum absolute atomic E-state index is 0.116. The Labute approximate surface area is 83.2 Å². The van der Waals surface area contributed by atoms with Crippen LogP contribution in [0.25, 0.3) is 0 Å². The predicted octanol–water partition coefficient (Wildman–Crippen LogP) is 0.560. The summed E-state index contributed by atoms with van der Waals surface area (Å²) in [4.78, 5) is 24.9. The third-order valence-electron chi connectivity index (χ3n) is 3.07. The molecule has 0 aromatic carbocycles. The van der Waals surface area contributed by atoms with Crippen LogP contribution < -0.4 is 0 Å². The topological polar surface area (TPSA) is 46.6 Å². The molecule has 2 aliphatic heterocycles. The molecule has 0 spiro atoms. The molecule has 4 nitrogen and oxygen atoms in total. The maximum Gasteiger partial charge on any atom is 0.311 e. The van der Waals surface area contributed by atoms with E-state index in [1.54, 1.807) is 6.92 Å². The molecule has 14 heavy (non-hydrogen) atoms. The highest BCUT2D eigenvalue weighted by atomic mass is 16.5. The second kappa shape index (κ2) is 3.59. The second-order valence-electron chi connectivity index (χ2n) is 3.86. The minimum Gasteiger partial charge on any atom is -0.466 e. The van der Waals surface area contributed by atoms with Gasteiger partial charge in [0.25, 0.3) is 0 Å². The van der Waals surface area contributed by atoms with Gasteiger partial charge in [0, 0.05) is 19.0 Å². The monoisotopic (exact) mass is 197 g/mol. The highest BCUT2D eigenvalue weighted by Crippen LogP contribution is 2.34. The Balaban J connectivity index is 2.06. The first-order chi connectivity index (χ1) is 6.74. The molecule has 0 radical (unpaired) electrons. The van der Waals surface area contributed by atoms with Crippen LogP contribution in [0.2, 0.25) is 0 Å². The lowest BCUT2D eigenvalue weighted by Crippen LogP contribution is -2.32. The Morgan fingerprint density at radius 3 is 3.14 bits per heavy atom. The van der Waals surface area contributed by atoms with Crippen LogP contribution in [-0.2, 0) is 14.3 Å². The van der Waals surface area contributed by atoms with Gasteiger partial charge in [-0.1, -0.05) is 0 Å². The van der Waals surface area contributed by atoms with Gasteiger partial charge in [-0.15, -0.1) is 0 Å². The highest BCUT2D eigenvalue weighted by Gasteiger charge is 2.46. The summed E-state index contributed by atoms with van der Waals surface area (Å²) in [5, 5.41) is 0. The van der Waals surface area contributed by atoms with Crippen molar-refractivity contribution >= 4 is 11.9 Å². The zero-order valence-corrected chi connectivity index (χ0v) is 8.36. The van der Waals surface area contributed by atoms with E-state index in [1.807, 2.05) is 4.90 Å². The van der Waals surface area contributed by atoms with Crippen LogP contribution in [0.15, 0.2) is 0 Å². The number of amides is 1. The van der Waals surface area contributed by atoms with Gasteiger partial charge in [-0.2, -0.15) is 0 Å². The standard InChI is InChI=1S/C10H15NO3/c1-2-14-10(13)7-6-9(12)11-5-3-4-8(7)11/h7-8H,2-6H2,1H3/t7-,8-/m1/s1. The molecule has 2 saturated heterocycles. The van der Waals surface area contributed by atoms with Crippen molar-refractivity contribution in [1.82, 2.24) is 4.90 Å². The third kappa shape index (κ3) is 1.38. The highest BCUT2D eigenvalue weighted by molar-refractivity contribution is 5.88. The van der Waals surface area contributed by atoms with Crippen molar-refractivity contribution in [2.75, 3.05) is 13.2 Å². The Morgan fingerprint density at radius 2 is 2.43 bits per heavy atom. The zero-order chi connectivity index (χ0) is 10.1. The number of fused-ring (bicyclic) bond motifs is 1.